The molecule has 1 saturated heterocycles. The molecule has 0 radical (unpaired) electrons. The molecule has 2 aliphatic carbocycles. The standard InChI is InChI=1S/C15H26N2S/c1-2-5-9-13(8-4-1)16-14-17-15(12-18-14)10-6-3-7-11-15/h13H,1-12H2,(H,16,17). The number of nitrogens with one attached hydrogen (secondary N) is 1. The molecule has 1 aliphatic heterocycles. The van der Waals surface area contributed by atoms with Crippen LogP contribution in [0.1, 0.15) is 70.6 Å². The van der Waals surface area contributed by atoms with Crippen molar-refractivity contribution in [3.63, 3.8) is 0 Å². The minimum Gasteiger partial charge on any atom is -0.359 e. The highest BCUT2D eigenvalue weighted by atomic mass is 32.2. The lowest BCUT2D eigenvalue weighted by Crippen LogP contribution is -2.45. The first-order valence-corrected chi connectivity index (χ1v) is 8.84. The van der Waals surface area contributed by atoms with Gasteiger partial charge >= 0.3 is 0 Å². The average molecular weight is 266 g/mol. The number of hydrogen-bond donors (Lipinski definition) is 1. The minimum absolute atomic E-state index is 0.423. The summed E-state index contributed by atoms with van der Waals surface area (Å²) in [5.41, 5.74) is 0.423. The molecule has 18 heavy (non-hydrogen) atoms. The third kappa shape index (κ3) is 3.04. The van der Waals surface area contributed by atoms with E-state index in [0.29, 0.717) is 11.6 Å². The Bertz CT molecular complexity index is 300. The lowest BCUT2D eigenvalue weighted by atomic mass is 9.83. The van der Waals surface area contributed by atoms with E-state index in [9.17, 15) is 0 Å². The van der Waals surface area contributed by atoms with Crippen molar-refractivity contribution < 1.29 is 0 Å². The van der Waals surface area contributed by atoms with Gasteiger partial charge in [-0.15, -0.1) is 0 Å². The van der Waals surface area contributed by atoms with E-state index >= 15 is 0 Å². The van der Waals surface area contributed by atoms with Gasteiger partial charge in [0.2, 0.25) is 0 Å². The first-order valence-electron chi connectivity index (χ1n) is 7.85. The van der Waals surface area contributed by atoms with Gasteiger partial charge in [-0.1, -0.05) is 56.7 Å². The summed E-state index contributed by atoms with van der Waals surface area (Å²) in [6.07, 6.45) is 15.2. The number of rotatable bonds is 1. The average Bonchev–Trinajstić information content (AvgIpc) is 2.62. The zero-order valence-electron chi connectivity index (χ0n) is 11.4. The number of amidine groups is 1. The first-order chi connectivity index (χ1) is 8.86. The van der Waals surface area contributed by atoms with Gasteiger partial charge in [-0.2, -0.15) is 0 Å². The summed E-state index contributed by atoms with van der Waals surface area (Å²) in [4.78, 5) is 5.01. The molecular weight excluding hydrogens is 240 g/mol. The third-order valence-electron chi connectivity index (χ3n) is 4.79. The van der Waals surface area contributed by atoms with Crippen LogP contribution in [-0.4, -0.2) is 22.5 Å². The Morgan fingerprint density at radius 3 is 2.33 bits per heavy atom. The van der Waals surface area contributed by atoms with Crippen molar-refractivity contribution in [3.05, 3.63) is 0 Å². The van der Waals surface area contributed by atoms with Crippen molar-refractivity contribution in [2.75, 3.05) is 5.75 Å². The predicted molar refractivity (Wildman–Crippen MR) is 80.3 cm³/mol. The Hall–Kier alpha value is -0.180. The monoisotopic (exact) mass is 266 g/mol. The minimum atomic E-state index is 0.423. The largest absolute Gasteiger partial charge is 0.359 e. The molecule has 3 fully saturated rings. The fourth-order valence-corrected chi connectivity index (χ4v) is 4.91. The molecule has 2 nitrogen and oxygen atoms in total. The van der Waals surface area contributed by atoms with E-state index in [4.69, 9.17) is 4.99 Å². The molecule has 1 heterocycles. The fourth-order valence-electron chi connectivity index (χ4n) is 3.63. The topological polar surface area (TPSA) is 24.4 Å². The molecule has 0 bridgehead atoms. The first kappa shape index (κ1) is 12.8. The summed E-state index contributed by atoms with van der Waals surface area (Å²) in [6.45, 7) is 0. The van der Waals surface area contributed by atoms with E-state index in [-0.39, 0.29) is 0 Å². The molecule has 1 N–H and O–H groups in total. The number of hydrogen-bond acceptors (Lipinski definition) is 2. The second-order valence-corrected chi connectivity index (χ2v) is 7.30. The van der Waals surface area contributed by atoms with Gasteiger partial charge in [-0.3, -0.25) is 4.99 Å². The van der Waals surface area contributed by atoms with Gasteiger partial charge in [0.1, 0.15) is 0 Å². The molecule has 2 saturated carbocycles. The highest BCUT2D eigenvalue weighted by Gasteiger charge is 2.38. The van der Waals surface area contributed by atoms with Gasteiger partial charge in [0, 0.05) is 11.3 Å². The highest BCUT2D eigenvalue weighted by Crippen LogP contribution is 2.36. The van der Waals surface area contributed by atoms with Crippen molar-refractivity contribution >= 4 is 16.9 Å². The van der Waals surface area contributed by atoms with Crippen molar-refractivity contribution in [2.45, 2.75) is 82.2 Å². The molecule has 0 aromatic carbocycles. The summed E-state index contributed by atoms with van der Waals surface area (Å²) in [6, 6.07) is 0.612. The Balaban J connectivity index is 1.59. The SMILES string of the molecule is C1CCCC(N=C2NC3(CCCCC3)CS2)CC1. The van der Waals surface area contributed by atoms with Crippen LogP contribution >= 0.6 is 11.8 Å². The molecule has 0 atom stereocenters. The van der Waals surface area contributed by atoms with Gasteiger partial charge in [-0.05, 0) is 25.7 Å². The van der Waals surface area contributed by atoms with Crippen LogP contribution in [-0.2, 0) is 0 Å². The maximum absolute atomic E-state index is 5.01. The lowest BCUT2D eigenvalue weighted by molar-refractivity contribution is 0.303. The van der Waals surface area contributed by atoms with E-state index in [1.807, 2.05) is 11.8 Å². The smallest absolute Gasteiger partial charge is 0.157 e. The highest BCUT2D eigenvalue weighted by molar-refractivity contribution is 8.14. The quantitative estimate of drug-likeness (QED) is 0.722. The van der Waals surface area contributed by atoms with Crippen molar-refractivity contribution in [1.29, 1.82) is 0 Å². The summed E-state index contributed by atoms with van der Waals surface area (Å²) < 4.78 is 0. The van der Waals surface area contributed by atoms with Gasteiger partial charge in [0.05, 0.1) is 6.04 Å². The Kier molecular flexibility index (Phi) is 4.17. The van der Waals surface area contributed by atoms with Gasteiger partial charge < -0.3 is 5.32 Å². The van der Waals surface area contributed by atoms with Crippen molar-refractivity contribution in [3.8, 4) is 0 Å². The van der Waals surface area contributed by atoms with Gasteiger partial charge in [-0.25, -0.2) is 0 Å². The Morgan fingerprint density at radius 2 is 1.61 bits per heavy atom. The molecular formula is C15H26N2S. The number of aliphatic imine (C=N–C) groups is 1. The van der Waals surface area contributed by atoms with Gasteiger partial charge in [0.15, 0.2) is 5.17 Å². The van der Waals surface area contributed by atoms with Gasteiger partial charge in [0.25, 0.3) is 0 Å². The molecule has 1 spiro atoms. The van der Waals surface area contributed by atoms with E-state index in [2.05, 4.69) is 5.32 Å². The zero-order valence-corrected chi connectivity index (χ0v) is 12.2. The summed E-state index contributed by atoms with van der Waals surface area (Å²) in [7, 11) is 0. The van der Waals surface area contributed by atoms with E-state index in [1.165, 1.54) is 81.5 Å². The van der Waals surface area contributed by atoms with E-state index in [1.54, 1.807) is 0 Å². The zero-order chi connectivity index (χ0) is 12.3. The van der Waals surface area contributed by atoms with Crippen LogP contribution in [0.25, 0.3) is 0 Å². The molecule has 0 aromatic heterocycles. The van der Waals surface area contributed by atoms with Crippen LogP contribution in [0.5, 0.6) is 0 Å². The van der Waals surface area contributed by atoms with Crippen LogP contribution in [0.15, 0.2) is 4.99 Å². The second-order valence-electron chi connectivity index (χ2n) is 6.33. The Labute approximate surface area is 115 Å². The van der Waals surface area contributed by atoms with Crippen LogP contribution in [0, 0.1) is 0 Å². The summed E-state index contributed by atoms with van der Waals surface area (Å²) in [5, 5.41) is 5.05. The van der Waals surface area contributed by atoms with Crippen molar-refractivity contribution in [1.82, 2.24) is 5.32 Å². The Morgan fingerprint density at radius 1 is 0.944 bits per heavy atom. The van der Waals surface area contributed by atoms with Crippen molar-refractivity contribution in [2.24, 2.45) is 4.99 Å². The molecule has 3 rings (SSSR count). The van der Waals surface area contributed by atoms with Crippen LogP contribution in [0.3, 0.4) is 0 Å². The molecule has 3 aliphatic rings. The van der Waals surface area contributed by atoms with Crippen LogP contribution in [0.2, 0.25) is 0 Å². The number of thioether (sulfide) groups is 1. The molecule has 0 unspecified atom stereocenters. The fraction of sp³-hybridized carbons (Fsp3) is 0.933. The third-order valence-corrected chi connectivity index (χ3v) is 5.97. The predicted octanol–water partition coefficient (Wildman–Crippen LogP) is 4.10. The van der Waals surface area contributed by atoms with Crippen LogP contribution in [0.4, 0.5) is 0 Å². The molecule has 0 aromatic rings. The second kappa shape index (κ2) is 5.85. The van der Waals surface area contributed by atoms with E-state index in [0.717, 1.165) is 0 Å². The molecule has 102 valence electrons. The number of nitrogens with zero attached hydrogens (tertiary/aromatic N) is 1. The summed E-state index contributed by atoms with van der Waals surface area (Å²) in [5.74, 6) is 1.26. The van der Waals surface area contributed by atoms with Crippen LogP contribution < -0.4 is 5.32 Å². The summed E-state index contributed by atoms with van der Waals surface area (Å²) >= 11 is 1.99. The molecule has 3 heteroatoms. The van der Waals surface area contributed by atoms with E-state index < -0.39 is 0 Å². The maximum atomic E-state index is 5.01. The maximum Gasteiger partial charge on any atom is 0.157 e. The molecule has 0 amide bonds. The normalized spacial score (nSPS) is 31.4. The lowest BCUT2D eigenvalue weighted by Gasteiger charge is -2.32.